The molecule has 1 heterocycles. The molecule has 0 spiro atoms. The number of rotatable bonds is 5. The summed E-state index contributed by atoms with van der Waals surface area (Å²) in [6, 6.07) is 11.0. The molecule has 18 heavy (non-hydrogen) atoms. The minimum atomic E-state index is 0.766. The van der Waals surface area contributed by atoms with E-state index >= 15 is 0 Å². The van der Waals surface area contributed by atoms with Crippen LogP contribution in [0.3, 0.4) is 0 Å². The number of nitrogens with one attached hydrogen (secondary N) is 1. The lowest BCUT2D eigenvalue weighted by atomic mass is 10.1. The number of benzene rings is 1. The van der Waals surface area contributed by atoms with E-state index in [1.54, 1.807) is 0 Å². The molecule has 3 nitrogen and oxygen atoms in total. The van der Waals surface area contributed by atoms with E-state index in [0.717, 1.165) is 36.5 Å². The second-order valence-electron chi connectivity index (χ2n) is 4.94. The van der Waals surface area contributed by atoms with E-state index in [4.69, 9.17) is 5.26 Å². The van der Waals surface area contributed by atoms with Crippen LogP contribution in [0.25, 0.3) is 10.9 Å². The summed E-state index contributed by atoms with van der Waals surface area (Å²) in [5.74, 6) is 0. The first kappa shape index (κ1) is 11.3. The maximum absolute atomic E-state index is 9.06. The van der Waals surface area contributed by atoms with Crippen molar-refractivity contribution in [1.82, 2.24) is 9.88 Å². The Morgan fingerprint density at radius 2 is 2.22 bits per heavy atom. The zero-order valence-corrected chi connectivity index (χ0v) is 10.4. The third-order valence-corrected chi connectivity index (χ3v) is 3.52. The van der Waals surface area contributed by atoms with Crippen molar-refractivity contribution >= 4 is 10.9 Å². The molecule has 0 amide bonds. The Morgan fingerprint density at radius 1 is 1.33 bits per heavy atom. The van der Waals surface area contributed by atoms with E-state index < -0.39 is 0 Å². The van der Waals surface area contributed by atoms with Crippen LogP contribution in [0.4, 0.5) is 0 Å². The van der Waals surface area contributed by atoms with Gasteiger partial charge in [-0.05, 0) is 44.0 Å². The van der Waals surface area contributed by atoms with Crippen molar-refractivity contribution in [1.29, 1.82) is 5.26 Å². The Morgan fingerprint density at radius 3 is 3.00 bits per heavy atom. The van der Waals surface area contributed by atoms with Crippen molar-refractivity contribution in [2.75, 3.05) is 6.54 Å². The monoisotopic (exact) mass is 239 g/mol. The van der Waals surface area contributed by atoms with Gasteiger partial charge >= 0.3 is 0 Å². The molecule has 3 rings (SSSR count). The molecule has 0 bridgehead atoms. The fourth-order valence-corrected chi connectivity index (χ4v) is 2.36. The minimum Gasteiger partial charge on any atom is -0.347 e. The first-order valence-electron chi connectivity index (χ1n) is 6.60. The van der Waals surface area contributed by atoms with Crippen molar-refractivity contribution in [2.45, 2.75) is 31.8 Å². The molecule has 0 saturated heterocycles. The Kier molecular flexibility index (Phi) is 3.04. The molecule has 0 radical (unpaired) electrons. The number of fused-ring (bicyclic) bond motifs is 1. The SMILES string of the molecule is N#Cc1cccc2c1ccn2CCCNC1CC1. The number of hydrogen-bond donors (Lipinski definition) is 1. The number of nitriles is 1. The van der Waals surface area contributed by atoms with E-state index in [-0.39, 0.29) is 0 Å². The number of aryl methyl sites for hydroxylation is 1. The van der Waals surface area contributed by atoms with Gasteiger partial charge in [0.15, 0.2) is 0 Å². The summed E-state index contributed by atoms with van der Waals surface area (Å²) in [6.45, 7) is 2.10. The lowest BCUT2D eigenvalue weighted by molar-refractivity contribution is 0.588. The molecular formula is C15H17N3. The molecular weight excluding hydrogens is 222 g/mol. The lowest BCUT2D eigenvalue weighted by Gasteiger charge is -2.06. The second kappa shape index (κ2) is 4.83. The zero-order valence-electron chi connectivity index (χ0n) is 10.4. The molecule has 1 saturated carbocycles. The summed E-state index contributed by atoms with van der Waals surface area (Å²) in [4.78, 5) is 0. The van der Waals surface area contributed by atoms with Crippen molar-refractivity contribution in [3.63, 3.8) is 0 Å². The van der Waals surface area contributed by atoms with Crippen molar-refractivity contribution in [3.05, 3.63) is 36.0 Å². The molecule has 1 aliphatic carbocycles. The van der Waals surface area contributed by atoms with E-state index in [1.165, 1.54) is 18.4 Å². The predicted molar refractivity (Wildman–Crippen MR) is 72.3 cm³/mol. The van der Waals surface area contributed by atoms with Crippen LogP contribution in [0.5, 0.6) is 0 Å². The van der Waals surface area contributed by atoms with Crippen LogP contribution in [0.1, 0.15) is 24.8 Å². The third kappa shape index (κ3) is 2.25. The highest BCUT2D eigenvalue weighted by atomic mass is 15.0. The van der Waals surface area contributed by atoms with E-state index in [2.05, 4.69) is 28.2 Å². The average molecular weight is 239 g/mol. The largest absolute Gasteiger partial charge is 0.347 e. The quantitative estimate of drug-likeness (QED) is 0.815. The smallest absolute Gasteiger partial charge is 0.0998 e. The normalized spacial score (nSPS) is 14.8. The Labute approximate surface area is 107 Å². The van der Waals surface area contributed by atoms with Gasteiger partial charge in [-0.15, -0.1) is 0 Å². The number of aromatic nitrogens is 1. The van der Waals surface area contributed by atoms with Gasteiger partial charge in [0.2, 0.25) is 0 Å². The number of hydrogen-bond acceptors (Lipinski definition) is 2. The maximum Gasteiger partial charge on any atom is 0.0998 e. The first-order valence-corrected chi connectivity index (χ1v) is 6.60. The number of nitrogens with zero attached hydrogens (tertiary/aromatic N) is 2. The summed E-state index contributed by atoms with van der Waals surface area (Å²) in [5.41, 5.74) is 1.93. The van der Waals surface area contributed by atoms with Crippen LogP contribution < -0.4 is 5.32 Å². The van der Waals surface area contributed by atoms with E-state index in [1.807, 2.05) is 18.2 Å². The molecule has 0 atom stereocenters. The van der Waals surface area contributed by atoms with Gasteiger partial charge in [-0.3, -0.25) is 0 Å². The molecule has 3 heteroatoms. The fourth-order valence-electron chi connectivity index (χ4n) is 2.36. The molecule has 1 fully saturated rings. The lowest BCUT2D eigenvalue weighted by Crippen LogP contribution is -2.18. The van der Waals surface area contributed by atoms with Crippen molar-refractivity contribution in [3.8, 4) is 6.07 Å². The first-order chi connectivity index (χ1) is 8.88. The summed E-state index contributed by atoms with van der Waals surface area (Å²) in [5, 5.41) is 13.6. The van der Waals surface area contributed by atoms with E-state index in [9.17, 15) is 0 Å². The van der Waals surface area contributed by atoms with Crippen LogP contribution in [0, 0.1) is 11.3 Å². The summed E-state index contributed by atoms with van der Waals surface area (Å²) in [7, 11) is 0. The van der Waals surface area contributed by atoms with Gasteiger partial charge in [0.05, 0.1) is 11.6 Å². The van der Waals surface area contributed by atoms with Gasteiger partial charge in [0, 0.05) is 29.7 Å². The van der Waals surface area contributed by atoms with Crippen LogP contribution in [-0.4, -0.2) is 17.2 Å². The van der Waals surface area contributed by atoms with E-state index in [0.29, 0.717) is 0 Å². The molecule has 1 aliphatic rings. The molecule has 0 aliphatic heterocycles. The van der Waals surface area contributed by atoms with Crippen LogP contribution in [-0.2, 0) is 6.54 Å². The maximum atomic E-state index is 9.06. The van der Waals surface area contributed by atoms with Gasteiger partial charge in [0.25, 0.3) is 0 Å². The molecule has 1 aromatic carbocycles. The van der Waals surface area contributed by atoms with Crippen LogP contribution >= 0.6 is 0 Å². The Hall–Kier alpha value is -1.79. The highest BCUT2D eigenvalue weighted by molar-refractivity contribution is 5.85. The summed E-state index contributed by atoms with van der Waals surface area (Å²) >= 11 is 0. The van der Waals surface area contributed by atoms with Gasteiger partial charge < -0.3 is 9.88 Å². The highest BCUT2D eigenvalue weighted by Crippen LogP contribution is 2.20. The van der Waals surface area contributed by atoms with Crippen LogP contribution in [0.2, 0.25) is 0 Å². The summed E-state index contributed by atoms with van der Waals surface area (Å²) < 4.78 is 2.24. The second-order valence-corrected chi connectivity index (χ2v) is 4.94. The predicted octanol–water partition coefficient (Wildman–Crippen LogP) is 2.66. The molecule has 1 aromatic heterocycles. The van der Waals surface area contributed by atoms with Gasteiger partial charge in [-0.2, -0.15) is 5.26 Å². The van der Waals surface area contributed by atoms with Gasteiger partial charge in [-0.25, -0.2) is 0 Å². The van der Waals surface area contributed by atoms with Crippen molar-refractivity contribution in [2.24, 2.45) is 0 Å². The standard InChI is InChI=1S/C15H17N3/c16-11-12-3-1-4-15-14(12)7-10-18(15)9-2-8-17-13-5-6-13/h1,3-4,7,10,13,17H,2,5-6,8-9H2. The van der Waals surface area contributed by atoms with Gasteiger partial charge in [-0.1, -0.05) is 6.07 Å². The molecule has 2 aromatic rings. The highest BCUT2D eigenvalue weighted by Gasteiger charge is 2.19. The van der Waals surface area contributed by atoms with Crippen molar-refractivity contribution < 1.29 is 0 Å². The fraction of sp³-hybridized carbons (Fsp3) is 0.400. The zero-order chi connectivity index (χ0) is 12.4. The van der Waals surface area contributed by atoms with Crippen LogP contribution in [0.15, 0.2) is 30.5 Å². The van der Waals surface area contributed by atoms with Gasteiger partial charge in [0.1, 0.15) is 0 Å². The molecule has 92 valence electrons. The minimum absolute atomic E-state index is 0.766. The molecule has 1 N–H and O–H groups in total. The topological polar surface area (TPSA) is 40.8 Å². The Balaban J connectivity index is 1.70. The summed E-state index contributed by atoms with van der Waals surface area (Å²) in [6.07, 6.45) is 5.91. The molecule has 0 unspecified atom stereocenters. The third-order valence-electron chi connectivity index (χ3n) is 3.52. The Bertz CT molecular complexity index is 587. The average Bonchev–Trinajstić information content (AvgIpc) is 3.14.